The first-order valence-electron chi connectivity index (χ1n) is 8.30. The lowest BCUT2D eigenvalue weighted by Gasteiger charge is -2.11. The first kappa shape index (κ1) is 17.9. The molecule has 0 saturated heterocycles. The van der Waals surface area contributed by atoms with E-state index in [1.807, 2.05) is 30.3 Å². The number of nitrogens with zero attached hydrogens (tertiary/aromatic N) is 2. The first-order valence-corrected chi connectivity index (χ1v) is 9.12. The van der Waals surface area contributed by atoms with Crippen molar-refractivity contribution in [3.8, 4) is 5.75 Å². The molecule has 0 spiro atoms. The maximum Gasteiger partial charge on any atom is 0.325 e. The standard InChI is InChI=1S/C19H20N4O2S/c1-3-14(13-9-5-4-6-10-13)17-22-23-19(26-17)21-18(24)20-15-11-7-8-12-16(15)25-2/h4-12,14H,3H2,1-2H3,(H2,20,21,23,24)/t14-/m0/s1. The van der Waals surface area contributed by atoms with Crippen molar-refractivity contribution in [2.45, 2.75) is 19.3 Å². The van der Waals surface area contributed by atoms with Gasteiger partial charge in [0.25, 0.3) is 0 Å². The van der Waals surface area contributed by atoms with Crippen molar-refractivity contribution < 1.29 is 9.53 Å². The van der Waals surface area contributed by atoms with Crippen LogP contribution in [-0.2, 0) is 0 Å². The Bertz CT molecular complexity index is 867. The number of hydrogen-bond donors (Lipinski definition) is 2. The molecule has 7 heteroatoms. The topological polar surface area (TPSA) is 76.1 Å². The van der Waals surface area contributed by atoms with Crippen LogP contribution in [0.2, 0.25) is 0 Å². The summed E-state index contributed by atoms with van der Waals surface area (Å²) in [4.78, 5) is 12.2. The molecule has 1 aromatic heterocycles. The zero-order valence-corrected chi connectivity index (χ0v) is 15.4. The van der Waals surface area contributed by atoms with Crippen molar-refractivity contribution in [1.29, 1.82) is 0 Å². The molecule has 0 radical (unpaired) electrons. The Labute approximate surface area is 156 Å². The van der Waals surface area contributed by atoms with E-state index in [1.165, 1.54) is 16.9 Å². The number of amides is 2. The molecule has 134 valence electrons. The highest BCUT2D eigenvalue weighted by Gasteiger charge is 2.18. The van der Waals surface area contributed by atoms with Crippen molar-refractivity contribution in [2.75, 3.05) is 17.7 Å². The molecule has 1 heterocycles. The fourth-order valence-corrected chi connectivity index (χ4v) is 3.61. The molecule has 3 aromatic rings. The maximum absolute atomic E-state index is 12.2. The van der Waals surface area contributed by atoms with Gasteiger partial charge in [-0.2, -0.15) is 0 Å². The molecule has 0 bridgehead atoms. The van der Waals surface area contributed by atoms with Gasteiger partial charge < -0.3 is 10.1 Å². The fourth-order valence-electron chi connectivity index (χ4n) is 2.66. The Kier molecular flexibility index (Phi) is 5.80. The van der Waals surface area contributed by atoms with Gasteiger partial charge in [0.2, 0.25) is 5.13 Å². The highest BCUT2D eigenvalue weighted by atomic mass is 32.1. The van der Waals surface area contributed by atoms with Gasteiger partial charge >= 0.3 is 6.03 Å². The monoisotopic (exact) mass is 368 g/mol. The molecule has 2 N–H and O–H groups in total. The van der Waals surface area contributed by atoms with Crippen molar-refractivity contribution >= 4 is 28.2 Å². The van der Waals surface area contributed by atoms with Gasteiger partial charge in [0.15, 0.2) is 0 Å². The van der Waals surface area contributed by atoms with E-state index in [1.54, 1.807) is 19.2 Å². The predicted molar refractivity (Wildman–Crippen MR) is 104 cm³/mol. The van der Waals surface area contributed by atoms with Crippen molar-refractivity contribution in [2.24, 2.45) is 0 Å². The van der Waals surface area contributed by atoms with Crippen molar-refractivity contribution in [3.05, 3.63) is 65.2 Å². The summed E-state index contributed by atoms with van der Waals surface area (Å²) in [6, 6.07) is 17.0. The third-order valence-corrected chi connectivity index (χ3v) is 4.88. The number of para-hydroxylation sites is 2. The number of aromatic nitrogens is 2. The van der Waals surface area contributed by atoms with E-state index in [2.05, 4.69) is 39.9 Å². The number of methoxy groups -OCH3 is 1. The SMILES string of the molecule is CC[C@@H](c1ccccc1)c1nnc(NC(=O)Nc2ccccc2OC)s1. The van der Waals surface area contributed by atoms with E-state index in [0.29, 0.717) is 16.6 Å². The van der Waals surface area contributed by atoms with Crippen LogP contribution in [0.15, 0.2) is 54.6 Å². The van der Waals surface area contributed by atoms with Crippen LogP contribution >= 0.6 is 11.3 Å². The van der Waals surface area contributed by atoms with Gasteiger partial charge in [0, 0.05) is 5.92 Å². The zero-order valence-electron chi connectivity index (χ0n) is 14.6. The second kappa shape index (κ2) is 8.44. The molecule has 3 rings (SSSR count). The quantitative estimate of drug-likeness (QED) is 0.659. The van der Waals surface area contributed by atoms with E-state index >= 15 is 0 Å². The molecule has 0 saturated carbocycles. The van der Waals surface area contributed by atoms with E-state index < -0.39 is 0 Å². The summed E-state index contributed by atoms with van der Waals surface area (Å²) in [5.41, 5.74) is 1.78. The highest BCUT2D eigenvalue weighted by Crippen LogP contribution is 2.31. The summed E-state index contributed by atoms with van der Waals surface area (Å²) in [6.45, 7) is 2.11. The van der Waals surface area contributed by atoms with E-state index in [4.69, 9.17) is 4.74 Å². The molecule has 0 fully saturated rings. The summed E-state index contributed by atoms with van der Waals surface area (Å²) >= 11 is 1.38. The second-order valence-corrected chi connectivity index (χ2v) is 6.61. The molecular formula is C19H20N4O2S. The zero-order chi connectivity index (χ0) is 18.4. The van der Waals surface area contributed by atoms with Gasteiger partial charge in [0.1, 0.15) is 10.8 Å². The fraction of sp³-hybridized carbons (Fsp3) is 0.211. The van der Waals surface area contributed by atoms with Crippen LogP contribution < -0.4 is 15.4 Å². The Morgan fingerprint density at radius 3 is 2.54 bits per heavy atom. The van der Waals surface area contributed by atoms with Gasteiger partial charge in [-0.05, 0) is 24.1 Å². The number of rotatable bonds is 6. The van der Waals surface area contributed by atoms with Gasteiger partial charge in [-0.25, -0.2) is 4.79 Å². The Morgan fingerprint density at radius 1 is 1.08 bits per heavy atom. The summed E-state index contributed by atoms with van der Waals surface area (Å²) in [6.07, 6.45) is 0.909. The van der Waals surface area contributed by atoms with Gasteiger partial charge in [-0.1, -0.05) is 60.7 Å². The number of benzene rings is 2. The number of urea groups is 1. The molecule has 1 atom stereocenters. The average molecular weight is 368 g/mol. The van der Waals surface area contributed by atoms with Crippen LogP contribution in [0.25, 0.3) is 0 Å². The Hall–Kier alpha value is -2.93. The summed E-state index contributed by atoms with van der Waals surface area (Å²) in [7, 11) is 1.56. The smallest absolute Gasteiger partial charge is 0.325 e. The normalized spacial score (nSPS) is 11.6. The Morgan fingerprint density at radius 2 is 1.81 bits per heavy atom. The van der Waals surface area contributed by atoms with Crippen LogP contribution in [0.5, 0.6) is 5.75 Å². The van der Waals surface area contributed by atoms with Gasteiger partial charge in [0.05, 0.1) is 12.8 Å². The Balaban J connectivity index is 1.69. The third kappa shape index (κ3) is 4.18. The van der Waals surface area contributed by atoms with Crippen LogP contribution in [0.1, 0.15) is 29.8 Å². The second-order valence-electron chi connectivity index (χ2n) is 5.60. The molecule has 2 amide bonds. The van der Waals surface area contributed by atoms with E-state index in [9.17, 15) is 4.79 Å². The number of ether oxygens (including phenoxy) is 1. The van der Waals surface area contributed by atoms with Crippen molar-refractivity contribution in [1.82, 2.24) is 10.2 Å². The molecule has 2 aromatic carbocycles. The van der Waals surface area contributed by atoms with Gasteiger partial charge in [-0.3, -0.25) is 5.32 Å². The minimum atomic E-state index is -0.384. The molecule has 0 aliphatic heterocycles. The number of anilines is 2. The lowest BCUT2D eigenvalue weighted by Crippen LogP contribution is -2.19. The summed E-state index contributed by atoms with van der Waals surface area (Å²) in [5.74, 6) is 0.761. The largest absolute Gasteiger partial charge is 0.495 e. The van der Waals surface area contributed by atoms with E-state index in [0.717, 1.165) is 11.4 Å². The number of hydrogen-bond acceptors (Lipinski definition) is 5. The number of nitrogens with one attached hydrogen (secondary N) is 2. The van der Waals surface area contributed by atoms with Crippen LogP contribution in [0.4, 0.5) is 15.6 Å². The molecular weight excluding hydrogens is 348 g/mol. The highest BCUT2D eigenvalue weighted by molar-refractivity contribution is 7.15. The van der Waals surface area contributed by atoms with Crippen LogP contribution in [0.3, 0.4) is 0 Å². The number of carbonyl (C=O) groups excluding carboxylic acids is 1. The maximum atomic E-state index is 12.2. The summed E-state index contributed by atoms with van der Waals surface area (Å²) in [5, 5.41) is 15.2. The lowest BCUT2D eigenvalue weighted by atomic mass is 9.97. The molecule has 6 nitrogen and oxygen atoms in total. The minimum absolute atomic E-state index is 0.168. The molecule has 0 aliphatic carbocycles. The summed E-state index contributed by atoms with van der Waals surface area (Å²) < 4.78 is 5.23. The van der Waals surface area contributed by atoms with Crippen molar-refractivity contribution in [3.63, 3.8) is 0 Å². The van der Waals surface area contributed by atoms with Crippen LogP contribution in [0, 0.1) is 0 Å². The molecule has 0 unspecified atom stereocenters. The third-order valence-electron chi connectivity index (χ3n) is 3.92. The van der Waals surface area contributed by atoms with Gasteiger partial charge in [-0.15, -0.1) is 10.2 Å². The molecule has 26 heavy (non-hydrogen) atoms. The minimum Gasteiger partial charge on any atom is -0.495 e. The lowest BCUT2D eigenvalue weighted by molar-refractivity contribution is 0.262. The predicted octanol–water partition coefficient (Wildman–Crippen LogP) is 4.73. The number of carbonyl (C=O) groups is 1. The average Bonchev–Trinajstić information content (AvgIpc) is 3.11. The first-order chi connectivity index (χ1) is 12.7. The van der Waals surface area contributed by atoms with E-state index in [-0.39, 0.29) is 11.9 Å². The van der Waals surface area contributed by atoms with Crippen LogP contribution in [-0.4, -0.2) is 23.3 Å². The molecule has 0 aliphatic rings.